The summed E-state index contributed by atoms with van der Waals surface area (Å²) in [7, 11) is 1.41. The lowest BCUT2D eigenvalue weighted by molar-refractivity contribution is 0.0680. The maximum absolute atomic E-state index is 13.6. The Morgan fingerprint density at radius 2 is 2.29 bits per heavy atom. The molecule has 0 aliphatic carbocycles. The van der Waals surface area contributed by atoms with Gasteiger partial charge in [-0.2, -0.15) is 4.98 Å². The third-order valence-corrected chi connectivity index (χ3v) is 2.02. The van der Waals surface area contributed by atoms with E-state index in [-0.39, 0.29) is 11.5 Å². The molecule has 2 rings (SSSR count). The fourth-order valence-corrected chi connectivity index (χ4v) is 1.22. The van der Waals surface area contributed by atoms with Crippen molar-refractivity contribution in [2.75, 3.05) is 7.11 Å². The molecule has 0 bridgehead atoms. The summed E-state index contributed by atoms with van der Waals surface area (Å²) in [6.07, 6.45) is 0. The van der Waals surface area contributed by atoms with Crippen molar-refractivity contribution in [2.24, 2.45) is 0 Å². The normalized spacial score (nSPS) is 10.2. The molecule has 2 aromatic rings. The van der Waals surface area contributed by atoms with Crippen LogP contribution in [0.1, 0.15) is 10.6 Å². The van der Waals surface area contributed by atoms with E-state index in [0.717, 1.165) is 6.07 Å². The molecule has 0 atom stereocenters. The van der Waals surface area contributed by atoms with E-state index in [4.69, 9.17) is 9.84 Å². The second-order valence-corrected chi connectivity index (χ2v) is 3.07. The van der Waals surface area contributed by atoms with Gasteiger partial charge in [0.1, 0.15) is 11.6 Å². The number of carboxylic acids is 1. The van der Waals surface area contributed by atoms with Crippen LogP contribution in [0.5, 0.6) is 5.75 Å². The first-order chi connectivity index (χ1) is 8.11. The third kappa shape index (κ3) is 2.07. The van der Waals surface area contributed by atoms with E-state index in [0.29, 0.717) is 5.75 Å². The Kier molecular flexibility index (Phi) is 2.73. The van der Waals surface area contributed by atoms with E-state index in [9.17, 15) is 9.18 Å². The number of carboxylic acid groups (broad SMARTS) is 1. The Labute approximate surface area is 94.6 Å². The van der Waals surface area contributed by atoms with Crippen LogP contribution in [0, 0.1) is 5.82 Å². The Morgan fingerprint density at radius 3 is 2.82 bits per heavy atom. The second-order valence-electron chi connectivity index (χ2n) is 3.07. The lowest BCUT2D eigenvalue weighted by Crippen LogP contribution is -1.98. The SMILES string of the molecule is COc1ccc(-c2nc(C(=O)O)no2)c(F)c1. The first-order valence-electron chi connectivity index (χ1n) is 4.52. The van der Waals surface area contributed by atoms with Gasteiger partial charge in [0, 0.05) is 6.07 Å². The van der Waals surface area contributed by atoms with E-state index in [2.05, 4.69) is 14.7 Å². The topological polar surface area (TPSA) is 85.5 Å². The first-order valence-corrected chi connectivity index (χ1v) is 4.52. The van der Waals surface area contributed by atoms with E-state index < -0.39 is 17.6 Å². The highest BCUT2D eigenvalue weighted by atomic mass is 19.1. The largest absolute Gasteiger partial charge is 0.497 e. The van der Waals surface area contributed by atoms with Crippen LogP contribution in [0.25, 0.3) is 11.5 Å². The molecule has 0 radical (unpaired) electrons. The van der Waals surface area contributed by atoms with Gasteiger partial charge in [-0.05, 0) is 17.3 Å². The molecule has 6 nitrogen and oxygen atoms in total. The smallest absolute Gasteiger partial charge is 0.377 e. The number of carbonyl (C=O) groups is 1. The van der Waals surface area contributed by atoms with Crippen LogP contribution in [0.2, 0.25) is 0 Å². The number of halogens is 1. The number of aromatic carboxylic acids is 1. The van der Waals surface area contributed by atoms with Crippen LogP contribution < -0.4 is 4.74 Å². The lowest BCUT2D eigenvalue weighted by Gasteiger charge is -2.01. The molecule has 0 aliphatic heterocycles. The monoisotopic (exact) mass is 238 g/mol. The predicted octanol–water partition coefficient (Wildman–Crippen LogP) is 1.58. The minimum atomic E-state index is -1.34. The van der Waals surface area contributed by atoms with Gasteiger partial charge in [0.2, 0.25) is 0 Å². The molecule has 1 N–H and O–H groups in total. The summed E-state index contributed by atoms with van der Waals surface area (Å²) in [4.78, 5) is 14.1. The zero-order chi connectivity index (χ0) is 12.4. The maximum atomic E-state index is 13.6. The Morgan fingerprint density at radius 1 is 1.53 bits per heavy atom. The molecule has 1 aromatic heterocycles. The van der Waals surface area contributed by atoms with Gasteiger partial charge in [-0.15, -0.1) is 0 Å². The van der Waals surface area contributed by atoms with E-state index in [1.807, 2.05) is 0 Å². The third-order valence-electron chi connectivity index (χ3n) is 2.02. The molecule has 17 heavy (non-hydrogen) atoms. The van der Waals surface area contributed by atoms with Crippen LogP contribution >= 0.6 is 0 Å². The molecular formula is C10H7FN2O4. The predicted molar refractivity (Wildman–Crippen MR) is 53.2 cm³/mol. The molecule has 0 saturated heterocycles. The first kappa shape index (κ1) is 11.1. The Bertz CT molecular complexity index is 567. The Hall–Kier alpha value is -2.44. The van der Waals surface area contributed by atoms with Crippen LogP contribution in [0.4, 0.5) is 4.39 Å². The number of methoxy groups -OCH3 is 1. The van der Waals surface area contributed by atoms with E-state index in [1.54, 1.807) is 0 Å². The van der Waals surface area contributed by atoms with E-state index in [1.165, 1.54) is 19.2 Å². The summed E-state index contributed by atoms with van der Waals surface area (Å²) < 4.78 is 23.1. The molecule has 88 valence electrons. The van der Waals surface area contributed by atoms with Crippen molar-refractivity contribution in [3.63, 3.8) is 0 Å². The van der Waals surface area contributed by atoms with Crippen molar-refractivity contribution in [3.05, 3.63) is 29.8 Å². The van der Waals surface area contributed by atoms with Gasteiger partial charge < -0.3 is 14.4 Å². The van der Waals surface area contributed by atoms with Gasteiger partial charge in [-0.25, -0.2) is 9.18 Å². The zero-order valence-corrected chi connectivity index (χ0v) is 8.68. The van der Waals surface area contributed by atoms with Crippen molar-refractivity contribution < 1.29 is 23.6 Å². The summed E-state index contributed by atoms with van der Waals surface area (Å²) in [6.45, 7) is 0. The molecule has 0 spiro atoms. The summed E-state index contributed by atoms with van der Waals surface area (Å²) >= 11 is 0. The number of nitrogens with zero attached hydrogens (tertiary/aromatic N) is 2. The highest BCUT2D eigenvalue weighted by molar-refractivity contribution is 5.83. The van der Waals surface area contributed by atoms with Crippen LogP contribution in [0.15, 0.2) is 22.7 Å². The van der Waals surface area contributed by atoms with Gasteiger partial charge in [0.25, 0.3) is 11.7 Å². The van der Waals surface area contributed by atoms with Crippen LogP contribution in [-0.4, -0.2) is 28.3 Å². The highest BCUT2D eigenvalue weighted by Crippen LogP contribution is 2.24. The van der Waals surface area contributed by atoms with Gasteiger partial charge in [-0.3, -0.25) is 0 Å². The number of benzene rings is 1. The van der Waals surface area contributed by atoms with Crippen LogP contribution in [-0.2, 0) is 0 Å². The molecule has 0 unspecified atom stereocenters. The number of rotatable bonds is 3. The molecule has 0 saturated carbocycles. The van der Waals surface area contributed by atoms with Crippen LogP contribution in [0.3, 0.4) is 0 Å². The quantitative estimate of drug-likeness (QED) is 0.873. The average molecular weight is 238 g/mol. The summed E-state index contributed by atoms with van der Waals surface area (Å²) in [5, 5.41) is 11.8. The summed E-state index contributed by atoms with van der Waals surface area (Å²) in [6, 6.07) is 4.01. The second kappa shape index (κ2) is 4.20. The Balaban J connectivity index is 2.42. The standard InChI is InChI=1S/C10H7FN2O4/c1-16-5-2-3-6(7(11)4-5)9-12-8(10(14)15)13-17-9/h2-4H,1H3,(H,14,15). The van der Waals surface area contributed by atoms with Gasteiger partial charge in [0.05, 0.1) is 12.7 Å². The van der Waals surface area contributed by atoms with Crippen molar-refractivity contribution in [1.82, 2.24) is 10.1 Å². The molecule has 1 heterocycles. The number of hydrogen-bond donors (Lipinski definition) is 1. The molecule has 7 heteroatoms. The number of hydrogen-bond acceptors (Lipinski definition) is 5. The molecule has 1 aromatic carbocycles. The number of aromatic nitrogens is 2. The highest BCUT2D eigenvalue weighted by Gasteiger charge is 2.17. The maximum Gasteiger partial charge on any atom is 0.377 e. The summed E-state index contributed by atoms with van der Waals surface area (Å²) in [5.74, 6) is -2.35. The van der Waals surface area contributed by atoms with Gasteiger partial charge in [0.15, 0.2) is 0 Å². The summed E-state index contributed by atoms with van der Waals surface area (Å²) in [5.41, 5.74) is 0.0193. The van der Waals surface area contributed by atoms with Gasteiger partial charge in [-0.1, -0.05) is 0 Å². The fourth-order valence-electron chi connectivity index (χ4n) is 1.22. The number of ether oxygens (including phenoxy) is 1. The minimum absolute atomic E-state index is 0.0193. The average Bonchev–Trinajstić information content (AvgIpc) is 2.78. The van der Waals surface area contributed by atoms with Crippen molar-refractivity contribution in [3.8, 4) is 17.2 Å². The fraction of sp³-hybridized carbons (Fsp3) is 0.100. The minimum Gasteiger partial charge on any atom is -0.497 e. The molecule has 0 fully saturated rings. The lowest BCUT2D eigenvalue weighted by atomic mass is 10.2. The van der Waals surface area contributed by atoms with Crippen molar-refractivity contribution >= 4 is 5.97 Å². The van der Waals surface area contributed by atoms with Crippen molar-refractivity contribution in [1.29, 1.82) is 0 Å². The van der Waals surface area contributed by atoms with Gasteiger partial charge >= 0.3 is 5.97 Å². The zero-order valence-electron chi connectivity index (χ0n) is 8.68. The molecular weight excluding hydrogens is 231 g/mol. The van der Waals surface area contributed by atoms with Crippen molar-refractivity contribution in [2.45, 2.75) is 0 Å². The molecule has 0 amide bonds. The molecule has 0 aliphatic rings. The van der Waals surface area contributed by atoms with E-state index >= 15 is 0 Å².